The molecule has 0 aliphatic carbocycles. The van der Waals surface area contributed by atoms with E-state index in [2.05, 4.69) is 10.6 Å². The van der Waals surface area contributed by atoms with Crippen molar-refractivity contribution in [3.8, 4) is 0 Å². The molecule has 1 unspecified atom stereocenters. The Bertz CT molecular complexity index is 1110. The van der Waals surface area contributed by atoms with E-state index in [0.717, 1.165) is 22.0 Å². The molecular weight excluding hydrogens is 371 g/mol. The molecule has 29 heavy (non-hydrogen) atoms. The molecule has 4 N–H and O–H groups in total. The number of hydrogen-bond donors (Lipinski definition) is 3. The average Bonchev–Trinajstić information content (AvgIpc) is 2.93. The Labute approximate surface area is 167 Å². The maximum Gasteiger partial charge on any atom is 0.251 e. The second-order valence-electron chi connectivity index (χ2n) is 7.44. The van der Waals surface area contributed by atoms with Crippen LogP contribution in [0.2, 0.25) is 0 Å². The molecule has 1 aliphatic heterocycles. The Balaban J connectivity index is 1.43. The number of amides is 2. The molecule has 2 heterocycles. The second kappa shape index (κ2) is 7.67. The predicted octanol–water partition coefficient (Wildman–Crippen LogP) is 2.50. The van der Waals surface area contributed by atoms with Gasteiger partial charge in [-0.25, -0.2) is 4.39 Å². The number of nitrogens with one attached hydrogen (secondary N) is 2. The normalized spacial score (nSPS) is 16.2. The highest BCUT2D eigenvalue weighted by atomic mass is 19.1. The van der Waals surface area contributed by atoms with Crippen LogP contribution in [-0.2, 0) is 24.7 Å². The van der Waals surface area contributed by atoms with E-state index in [1.54, 1.807) is 18.2 Å². The summed E-state index contributed by atoms with van der Waals surface area (Å²) in [6, 6.07) is 9.46. The number of nitrogens with zero attached hydrogens (tertiary/aromatic N) is 1. The van der Waals surface area contributed by atoms with E-state index >= 15 is 0 Å². The zero-order valence-electron chi connectivity index (χ0n) is 16.2. The number of nitrogens with two attached hydrogens (primary N) is 1. The molecule has 3 aromatic rings. The summed E-state index contributed by atoms with van der Waals surface area (Å²) in [7, 11) is 1.88. The summed E-state index contributed by atoms with van der Waals surface area (Å²) >= 11 is 0. The Kier molecular flexibility index (Phi) is 5.07. The molecule has 0 saturated carbocycles. The van der Waals surface area contributed by atoms with Crippen LogP contribution in [0, 0.1) is 5.82 Å². The lowest BCUT2D eigenvalue weighted by molar-refractivity contribution is -0.117. The van der Waals surface area contributed by atoms with Crippen LogP contribution in [0.3, 0.4) is 0 Å². The largest absolute Gasteiger partial charge is 0.352 e. The van der Waals surface area contributed by atoms with Gasteiger partial charge in [0, 0.05) is 36.4 Å². The van der Waals surface area contributed by atoms with Crippen LogP contribution in [0.4, 0.5) is 10.1 Å². The minimum absolute atomic E-state index is 0.168. The van der Waals surface area contributed by atoms with Gasteiger partial charge in [-0.1, -0.05) is 0 Å². The number of halogens is 1. The number of carbonyl (C=O) groups is 2. The first kappa shape index (κ1) is 19.1. The first-order chi connectivity index (χ1) is 13.9. The van der Waals surface area contributed by atoms with Crippen molar-refractivity contribution in [2.24, 2.45) is 12.8 Å². The number of hydrogen-bond acceptors (Lipinski definition) is 3. The zero-order valence-corrected chi connectivity index (χ0v) is 16.2. The Morgan fingerprint density at radius 3 is 2.97 bits per heavy atom. The quantitative estimate of drug-likeness (QED) is 0.635. The molecular formula is C22H23FN4O2. The number of carbonyl (C=O) groups excluding carboxylic acids is 2. The van der Waals surface area contributed by atoms with Gasteiger partial charge < -0.3 is 20.9 Å². The number of rotatable bonds is 4. The lowest BCUT2D eigenvalue weighted by Crippen LogP contribution is -2.34. The van der Waals surface area contributed by atoms with E-state index < -0.39 is 6.04 Å². The Hall–Kier alpha value is -3.19. The van der Waals surface area contributed by atoms with Gasteiger partial charge in [0.1, 0.15) is 5.82 Å². The molecule has 0 fully saturated rings. The monoisotopic (exact) mass is 394 g/mol. The van der Waals surface area contributed by atoms with Crippen molar-refractivity contribution in [3.63, 3.8) is 0 Å². The van der Waals surface area contributed by atoms with Gasteiger partial charge in [-0.15, -0.1) is 0 Å². The maximum atomic E-state index is 13.5. The third-order valence-electron chi connectivity index (χ3n) is 5.40. The van der Waals surface area contributed by atoms with Gasteiger partial charge >= 0.3 is 0 Å². The number of anilines is 1. The van der Waals surface area contributed by atoms with Crippen LogP contribution in [0.15, 0.2) is 42.6 Å². The molecule has 2 aromatic carbocycles. The van der Waals surface area contributed by atoms with E-state index in [-0.39, 0.29) is 17.6 Å². The summed E-state index contributed by atoms with van der Waals surface area (Å²) in [6.45, 7) is 0.466. The third-order valence-corrected chi connectivity index (χ3v) is 5.40. The first-order valence-electron chi connectivity index (χ1n) is 9.63. The van der Waals surface area contributed by atoms with Gasteiger partial charge in [-0.05, 0) is 66.8 Å². The van der Waals surface area contributed by atoms with Crippen LogP contribution in [-0.4, -0.2) is 29.0 Å². The van der Waals surface area contributed by atoms with Gasteiger partial charge in [0.05, 0.1) is 11.6 Å². The molecule has 0 spiro atoms. The standard InChI is InChI=1S/C22H23FN4O2/c1-27-12-15(17-5-4-16(23)11-20(17)27)8-9-25-21(28)14-3-7-19-13(10-14)2-6-18(24)22(29)26-19/h3-5,7,10-12,18H,2,6,8-9,24H2,1H3,(H,25,28)(H,26,29). The van der Waals surface area contributed by atoms with Crippen LogP contribution < -0.4 is 16.4 Å². The summed E-state index contributed by atoms with van der Waals surface area (Å²) in [4.78, 5) is 24.4. The van der Waals surface area contributed by atoms with E-state index in [1.807, 2.05) is 23.9 Å². The number of aromatic nitrogens is 1. The number of benzene rings is 2. The molecule has 6 nitrogen and oxygen atoms in total. The summed E-state index contributed by atoms with van der Waals surface area (Å²) in [5, 5.41) is 6.73. The zero-order chi connectivity index (χ0) is 20.5. The molecule has 0 radical (unpaired) electrons. The summed E-state index contributed by atoms with van der Waals surface area (Å²) in [6.07, 6.45) is 3.80. The minimum atomic E-state index is -0.533. The molecule has 4 rings (SSSR count). The molecule has 1 atom stereocenters. The van der Waals surface area contributed by atoms with Crippen molar-refractivity contribution < 1.29 is 14.0 Å². The highest BCUT2D eigenvalue weighted by Crippen LogP contribution is 2.24. The van der Waals surface area contributed by atoms with Crippen molar-refractivity contribution in [2.45, 2.75) is 25.3 Å². The van der Waals surface area contributed by atoms with Crippen molar-refractivity contribution in [1.29, 1.82) is 0 Å². The fourth-order valence-electron chi connectivity index (χ4n) is 3.78. The van der Waals surface area contributed by atoms with Crippen LogP contribution in [0.1, 0.15) is 27.9 Å². The molecule has 1 aromatic heterocycles. The van der Waals surface area contributed by atoms with Crippen LogP contribution >= 0.6 is 0 Å². The van der Waals surface area contributed by atoms with Gasteiger partial charge in [-0.2, -0.15) is 0 Å². The molecule has 7 heteroatoms. The first-order valence-corrected chi connectivity index (χ1v) is 9.63. The summed E-state index contributed by atoms with van der Waals surface area (Å²) < 4.78 is 15.3. The second-order valence-corrected chi connectivity index (χ2v) is 7.44. The molecule has 1 aliphatic rings. The van der Waals surface area contributed by atoms with Crippen LogP contribution in [0.5, 0.6) is 0 Å². The number of fused-ring (bicyclic) bond motifs is 2. The van der Waals surface area contributed by atoms with Gasteiger partial charge in [-0.3, -0.25) is 9.59 Å². The average molecular weight is 394 g/mol. The lowest BCUT2D eigenvalue weighted by atomic mass is 10.0. The Morgan fingerprint density at radius 2 is 2.14 bits per heavy atom. The van der Waals surface area contributed by atoms with Gasteiger partial charge in [0.15, 0.2) is 0 Å². The van der Waals surface area contributed by atoms with Crippen molar-refractivity contribution in [2.75, 3.05) is 11.9 Å². The lowest BCUT2D eigenvalue weighted by Gasteiger charge is -2.10. The molecule has 0 saturated heterocycles. The van der Waals surface area contributed by atoms with Crippen molar-refractivity contribution >= 4 is 28.4 Å². The van der Waals surface area contributed by atoms with E-state index in [4.69, 9.17) is 5.73 Å². The molecule has 0 bridgehead atoms. The fourth-order valence-corrected chi connectivity index (χ4v) is 3.78. The summed E-state index contributed by atoms with van der Waals surface area (Å²) in [5.41, 5.74) is 9.87. The fraction of sp³-hybridized carbons (Fsp3) is 0.273. The number of aryl methyl sites for hydroxylation is 2. The van der Waals surface area contributed by atoms with E-state index in [0.29, 0.717) is 37.1 Å². The molecule has 150 valence electrons. The van der Waals surface area contributed by atoms with Crippen molar-refractivity contribution in [3.05, 3.63) is 65.1 Å². The van der Waals surface area contributed by atoms with E-state index in [9.17, 15) is 14.0 Å². The minimum Gasteiger partial charge on any atom is -0.352 e. The maximum absolute atomic E-state index is 13.5. The van der Waals surface area contributed by atoms with Crippen LogP contribution in [0.25, 0.3) is 10.9 Å². The topological polar surface area (TPSA) is 89.2 Å². The van der Waals surface area contributed by atoms with Gasteiger partial charge in [0.25, 0.3) is 5.91 Å². The van der Waals surface area contributed by atoms with Crippen molar-refractivity contribution in [1.82, 2.24) is 9.88 Å². The molecule has 2 amide bonds. The predicted molar refractivity (Wildman–Crippen MR) is 110 cm³/mol. The van der Waals surface area contributed by atoms with Gasteiger partial charge in [0.2, 0.25) is 5.91 Å². The highest BCUT2D eigenvalue weighted by molar-refractivity contribution is 5.98. The van der Waals surface area contributed by atoms with E-state index in [1.165, 1.54) is 12.1 Å². The highest BCUT2D eigenvalue weighted by Gasteiger charge is 2.21. The summed E-state index contributed by atoms with van der Waals surface area (Å²) in [5.74, 6) is -0.631. The SMILES string of the molecule is Cn1cc(CCNC(=O)c2ccc3c(c2)CCC(N)C(=O)N3)c2ccc(F)cc21. The Morgan fingerprint density at radius 1 is 1.31 bits per heavy atom. The smallest absolute Gasteiger partial charge is 0.251 e. The third kappa shape index (κ3) is 3.86.